The van der Waals surface area contributed by atoms with E-state index in [2.05, 4.69) is 22.3 Å². The number of rotatable bonds is 5. The topological polar surface area (TPSA) is 84.7 Å². The molecule has 0 spiro atoms. The molecule has 1 aromatic heterocycles. The number of hydrogen-bond acceptors (Lipinski definition) is 5. The van der Waals surface area contributed by atoms with Crippen molar-refractivity contribution in [1.82, 2.24) is 10.5 Å². The van der Waals surface area contributed by atoms with Crippen LogP contribution in [0.5, 0.6) is 0 Å². The smallest absolute Gasteiger partial charge is 0.414 e. The zero-order chi connectivity index (χ0) is 19.2. The van der Waals surface area contributed by atoms with Crippen molar-refractivity contribution >= 4 is 17.7 Å². The molecule has 1 aliphatic rings. The zero-order valence-corrected chi connectivity index (χ0v) is 15.4. The van der Waals surface area contributed by atoms with Gasteiger partial charge in [0, 0.05) is 23.2 Å². The van der Waals surface area contributed by atoms with Crippen molar-refractivity contribution in [3.63, 3.8) is 0 Å². The fourth-order valence-corrected chi connectivity index (χ4v) is 2.83. The Kier molecular flexibility index (Phi) is 5.77. The number of benzene rings is 1. The molecule has 2 heterocycles. The molecule has 1 fully saturated rings. The van der Waals surface area contributed by atoms with Crippen LogP contribution in [0, 0.1) is 25.7 Å². The number of carbonyl (C=O) groups excluding carboxylic acids is 2. The number of aryl methyl sites for hydroxylation is 2. The summed E-state index contributed by atoms with van der Waals surface area (Å²) in [5.41, 5.74) is 3.41. The number of aromatic nitrogens is 1. The van der Waals surface area contributed by atoms with Crippen molar-refractivity contribution in [2.24, 2.45) is 0 Å². The average Bonchev–Trinajstić information content (AvgIpc) is 3.23. The Bertz CT molecular complexity index is 871. The number of anilines is 1. The minimum Gasteiger partial charge on any atom is -0.447 e. The van der Waals surface area contributed by atoms with Crippen molar-refractivity contribution in [2.75, 3.05) is 24.6 Å². The van der Waals surface area contributed by atoms with E-state index in [-0.39, 0.29) is 18.5 Å². The Morgan fingerprint density at radius 1 is 1.30 bits per heavy atom. The van der Waals surface area contributed by atoms with Crippen LogP contribution in [0.15, 0.2) is 28.8 Å². The Labute approximate surface area is 157 Å². The Balaban J connectivity index is 1.44. The summed E-state index contributed by atoms with van der Waals surface area (Å²) in [5, 5.41) is 6.66. The maximum atomic E-state index is 11.9. The third-order valence-corrected chi connectivity index (χ3v) is 4.33. The van der Waals surface area contributed by atoms with E-state index >= 15 is 0 Å². The minimum absolute atomic E-state index is 0.0628. The molecule has 7 nitrogen and oxygen atoms in total. The molecular formula is C20H21N3O4. The zero-order valence-electron chi connectivity index (χ0n) is 15.4. The van der Waals surface area contributed by atoms with E-state index in [1.165, 1.54) is 0 Å². The number of amides is 2. The van der Waals surface area contributed by atoms with Crippen LogP contribution in [0.1, 0.15) is 29.0 Å². The van der Waals surface area contributed by atoms with Crippen LogP contribution in [0.25, 0.3) is 0 Å². The maximum absolute atomic E-state index is 11.9. The Morgan fingerprint density at radius 2 is 2.07 bits per heavy atom. The highest BCUT2D eigenvalue weighted by molar-refractivity contribution is 5.89. The first-order valence-electron chi connectivity index (χ1n) is 8.76. The molecule has 2 aromatic rings. The van der Waals surface area contributed by atoms with Gasteiger partial charge in [-0.2, -0.15) is 0 Å². The lowest BCUT2D eigenvalue weighted by molar-refractivity contribution is -0.120. The molecule has 1 saturated heterocycles. The second-order valence-electron chi connectivity index (χ2n) is 6.19. The number of nitrogens with one attached hydrogen (secondary N) is 1. The maximum Gasteiger partial charge on any atom is 0.414 e. The molecule has 1 N–H and O–H groups in total. The normalized spacial score (nSPS) is 13.1. The van der Waals surface area contributed by atoms with Crippen molar-refractivity contribution in [1.29, 1.82) is 0 Å². The first-order valence-corrected chi connectivity index (χ1v) is 8.76. The third kappa shape index (κ3) is 4.67. The predicted octanol–water partition coefficient (Wildman–Crippen LogP) is 2.35. The summed E-state index contributed by atoms with van der Waals surface area (Å²) in [5.74, 6) is 6.61. The number of nitrogens with zero attached hydrogens (tertiary/aromatic N) is 2. The van der Waals surface area contributed by atoms with Crippen molar-refractivity contribution in [2.45, 2.75) is 26.7 Å². The molecule has 140 valence electrons. The van der Waals surface area contributed by atoms with Crippen LogP contribution < -0.4 is 10.2 Å². The van der Waals surface area contributed by atoms with Crippen LogP contribution in [-0.2, 0) is 16.0 Å². The lowest BCUT2D eigenvalue weighted by atomic mass is 10.1. The number of cyclic esters (lactones) is 1. The molecule has 0 atom stereocenters. The van der Waals surface area contributed by atoms with Gasteiger partial charge in [-0.15, -0.1) is 0 Å². The molecule has 0 bridgehead atoms. The van der Waals surface area contributed by atoms with Crippen LogP contribution in [-0.4, -0.2) is 36.9 Å². The summed E-state index contributed by atoms with van der Waals surface area (Å²) < 4.78 is 10.0. The molecule has 7 heteroatoms. The van der Waals surface area contributed by atoms with Crippen molar-refractivity contribution in [3.05, 3.63) is 46.8 Å². The summed E-state index contributed by atoms with van der Waals surface area (Å²) in [4.78, 5) is 25.0. The van der Waals surface area contributed by atoms with Gasteiger partial charge in [0.25, 0.3) is 0 Å². The molecule has 0 aliphatic carbocycles. The molecule has 1 aromatic carbocycles. The molecule has 3 rings (SSSR count). The van der Waals surface area contributed by atoms with Gasteiger partial charge in [0.15, 0.2) is 0 Å². The largest absolute Gasteiger partial charge is 0.447 e. The van der Waals surface area contributed by atoms with E-state index in [0.717, 1.165) is 28.3 Å². The Morgan fingerprint density at radius 3 is 2.70 bits per heavy atom. The summed E-state index contributed by atoms with van der Waals surface area (Å²) in [6.45, 7) is 4.96. The van der Waals surface area contributed by atoms with Crippen LogP contribution >= 0.6 is 0 Å². The molecule has 2 amide bonds. The molecule has 0 radical (unpaired) electrons. The fourth-order valence-electron chi connectivity index (χ4n) is 2.83. The summed E-state index contributed by atoms with van der Waals surface area (Å²) in [6.07, 6.45) is 0.639. The van der Waals surface area contributed by atoms with Gasteiger partial charge in [-0.25, -0.2) is 4.79 Å². The third-order valence-electron chi connectivity index (χ3n) is 4.33. The number of ether oxygens (including phenoxy) is 1. The molecule has 1 aliphatic heterocycles. The first kappa shape index (κ1) is 18.5. The lowest BCUT2D eigenvalue weighted by Gasteiger charge is -2.11. The Hall–Kier alpha value is -3.27. The highest BCUT2D eigenvalue weighted by Crippen LogP contribution is 2.18. The standard InChI is InChI=1S/C20H21N3O4/c1-14-18(15(2)27-22-14)9-10-19(24)21-11-3-4-16-5-7-17(8-6-16)23-12-13-26-20(23)25/h5-8H,9-13H2,1-2H3,(H,21,24). The van der Waals surface area contributed by atoms with E-state index in [9.17, 15) is 9.59 Å². The molecular weight excluding hydrogens is 346 g/mol. The van der Waals surface area contributed by atoms with E-state index < -0.39 is 0 Å². The lowest BCUT2D eigenvalue weighted by Crippen LogP contribution is -2.23. The quantitative estimate of drug-likeness (QED) is 0.820. The van der Waals surface area contributed by atoms with E-state index in [1.807, 2.05) is 38.1 Å². The highest BCUT2D eigenvalue weighted by Gasteiger charge is 2.23. The average molecular weight is 367 g/mol. The molecule has 0 unspecified atom stereocenters. The van der Waals surface area contributed by atoms with Crippen LogP contribution in [0.2, 0.25) is 0 Å². The van der Waals surface area contributed by atoms with Gasteiger partial charge in [0.2, 0.25) is 5.91 Å². The predicted molar refractivity (Wildman–Crippen MR) is 99.3 cm³/mol. The summed E-state index contributed by atoms with van der Waals surface area (Å²) in [6, 6.07) is 7.35. The van der Waals surface area contributed by atoms with Gasteiger partial charge in [0.05, 0.1) is 18.8 Å². The van der Waals surface area contributed by atoms with Gasteiger partial charge in [-0.1, -0.05) is 17.0 Å². The summed E-state index contributed by atoms with van der Waals surface area (Å²) in [7, 11) is 0. The fraction of sp³-hybridized carbons (Fsp3) is 0.350. The van der Waals surface area contributed by atoms with Gasteiger partial charge < -0.3 is 14.6 Å². The SMILES string of the molecule is Cc1noc(C)c1CCC(=O)NCC#Cc1ccc(N2CCOC2=O)cc1. The minimum atomic E-state index is -0.326. The van der Waals surface area contributed by atoms with Gasteiger partial charge >= 0.3 is 6.09 Å². The highest BCUT2D eigenvalue weighted by atomic mass is 16.6. The summed E-state index contributed by atoms with van der Waals surface area (Å²) >= 11 is 0. The van der Waals surface area contributed by atoms with E-state index in [0.29, 0.717) is 26.0 Å². The monoisotopic (exact) mass is 367 g/mol. The van der Waals surface area contributed by atoms with Crippen molar-refractivity contribution < 1.29 is 18.8 Å². The van der Waals surface area contributed by atoms with E-state index in [1.54, 1.807) is 4.90 Å². The van der Waals surface area contributed by atoms with Gasteiger partial charge in [0.1, 0.15) is 12.4 Å². The second kappa shape index (κ2) is 8.41. The molecule has 0 saturated carbocycles. The van der Waals surface area contributed by atoms with E-state index in [4.69, 9.17) is 9.26 Å². The van der Waals surface area contributed by atoms with Gasteiger partial charge in [-0.3, -0.25) is 9.69 Å². The number of carbonyl (C=O) groups is 2. The number of hydrogen-bond donors (Lipinski definition) is 1. The molecule has 27 heavy (non-hydrogen) atoms. The van der Waals surface area contributed by atoms with Crippen LogP contribution in [0.3, 0.4) is 0 Å². The first-order chi connectivity index (χ1) is 13.0. The van der Waals surface area contributed by atoms with Gasteiger partial charge in [-0.05, 0) is 44.5 Å². The second-order valence-corrected chi connectivity index (χ2v) is 6.19. The van der Waals surface area contributed by atoms with Crippen LogP contribution in [0.4, 0.5) is 10.5 Å². The van der Waals surface area contributed by atoms with Crippen molar-refractivity contribution in [3.8, 4) is 11.8 Å².